The Morgan fingerprint density at radius 3 is 2.73 bits per heavy atom. The summed E-state index contributed by atoms with van der Waals surface area (Å²) in [6.45, 7) is 4.38. The Labute approximate surface area is 131 Å². The molecule has 0 amide bonds. The predicted molar refractivity (Wildman–Crippen MR) is 83.1 cm³/mol. The first kappa shape index (κ1) is 15.7. The van der Waals surface area contributed by atoms with E-state index in [4.69, 9.17) is 9.29 Å². The summed E-state index contributed by atoms with van der Waals surface area (Å²) in [7, 11) is -4.17. The van der Waals surface area contributed by atoms with Gasteiger partial charge in [0.2, 0.25) is 0 Å². The first-order valence-electron chi connectivity index (χ1n) is 7.73. The SMILES string of the molecule is CCC1c2cc(CNS(=O)(=O)O)ccc2OC1N1CCCC1. The Bertz CT molecular complexity index is 641. The highest BCUT2D eigenvalue weighted by atomic mass is 32.2. The number of rotatable bonds is 5. The van der Waals surface area contributed by atoms with Crippen LogP contribution in [-0.2, 0) is 16.8 Å². The molecule has 2 heterocycles. The van der Waals surface area contributed by atoms with Crippen molar-refractivity contribution in [2.24, 2.45) is 0 Å². The van der Waals surface area contributed by atoms with Crippen LogP contribution in [0.4, 0.5) is 0 Å². The number of hydrogen-bond acceptors (Lipinski definition) is 4. The summed E-state index contributed by atoms with van der Waals surface area (Å²) in [5.74, 6) is 1.19. The molecule has 0 radical (unpaired) electrons. The van der Waals surface area contributed by atoms with E-state index >= 15 is 0 Å². The van der Waals surface area contributed by atoms with Gasteiger partial charge < -0.3 is 4.74 Å². The quantitative estimate of drug-likeness (QED) is 0.808. The summed E-state index contributed by atoms with van der Waals surface area (Å²) in [5.41, 5.74) is 1.95. The Balaban J connectivity index is 1.79. The first-order valence-corrected chi connectivity index (χ1v) is 9.17. The van der Waals surface area contributed by atoms with E-state index in [9.17, 15) is 8.42 Å². The standard InChI is InChI=1S/C15H22N2O4S/c1-2-12-13-9-11(10-16-22(18,19)20)5-6-14(13)21-15(12)17-7-3-4-8-17/h5-6,9,12,15-16H,2-4,7-8,10H2,1H3,(H,18,19,20). The maximum Gasteiger partial charge on any atom is 0.333 e. The highest BCUT2D eigenvalue weighted by Crippen LogP contribution is 2.42. The van der Waals surface area contributed by atoms with Crippen molar-refractivity contribution in [3.05, 3.63) is 29.3 Å². The van der Waals surface area contributed by atoms with Crippen LogP contribution < -0.4 is 9.46 Å². The molecule has 1 aromatic carbocycles. The number of fused-ring (bicyclic) bond motifs is 1. The Hall–Kier alpha value is -1.15. The van der Waals surface area contributed by atoms with Crippen molar-refractivity contribution in [3.8, 4) is 5.75 Å². The molecule has 22 heavy (non-hydrogen) atoms. The fourth-order valence-corrected chi connectivity index (χ4v) is 3.74. The minimum Gasteiger partial charge on any atom is -0.474 e. The number of nitrogens with zero attached hydrogens (tertiary/aromatic N) is 1. The Kier molecular flexibility index (Phi) is 4.40. The number of ether oxygens (including phenoxy) is 1. The van der Waals surface area contributed by atoms with Crippen LogP contribution >= 0.6 is 0 Å². The van der Waals surface area contributed by atoms with E-state index in [-0.39, 0.29) is 12.8 Å². The molecule has 6 nitrogen and oxygen atoms in total. The summed E-state index contributed by atoms with van der Waals surface area (Å²) >= 11 is 0. The van der Waals surface area contributed by atoms with Crippen molar-refractivity contribution in [2.75, 3.05) is 13.1 Å². The molecule has 2 aliphatic rings. The monoisotopic (exact) mass is 326 g/mol. The van der Waals surface area contributed by atoms with E-state index in [1.807, 2.05) is 18.2 Å². The molecule has 2 aliphatic heterocycles. The summed E-state index contributed by atoms with van der Waals surface area (Å²) < 4.78 is 38.6. The van der Waals surface area contributed by atoms with Crippen molar-refractivity contribution in [2.45, 2.75) is 44.9 Å². The van der Waals surface area contributed by atoms with Gasteiger partial charge in [-0.25, -0.2) is 0 Å². The largest absolute Gasteiger partial charge is 0.474 e. The minimum absolute atomic E-state index is 0.0803. The van der Waals surface area contributed by atoms with Crippen molar-refractivity contribution in [1.29, 1.82) is 0 Å². The van der Waals surface area contributed by atoms with Gasteiger partial charge in [0, 0.05) is 31.1 Å². The zero-order valence-electron chi connectivity index (χ0n) is 12.7. The molecule has 0 spiro atoms. The smallest absolute Gasteiger partial charge is 0.333 e. The van der Waals surface area contributed by atoms with Gasteiger partial charge in [-0.1, -0.05) is 19.1 Å². The summed E-state index contributed by atoms with van der Waals surface area (Å²) in [6, 6.07) is 5.71. The van der Waals surface area contributed by atoms with Gasteiger partial charge in [-0.3, -0.25) is 9.45 Å². The third kappa shape index (κ3) is 3.27. The molecule has 2 atom stereocenters. The molecule has 0 aliphatic carbocycles. The van der Waals surface area contributed by atoms with Crippen molar-refractivity contribution in [1.82, 2.24) is 9.62 Å². The van der Waals surface area contributed by atoms with Gasteiger partial charge in [-0.2, -0.15) is 13.1 Å². The molecule has 2 unspecified atom stereocenters. The lowest BCUT2D eigenvalue weighted by molar-refractivity contribution is 0.0413. The van der Waals surface area contributed by atoms with Gasteiger partial charge in [-0.05, 0) is 30.9 Å². The topological polar surface area (TPSA) is 78.9 Å². The van der Waals surface area contributed by atoms with E-state index in [1.165, 1.54) is 12.8 Å². The fraction of sp³-hybridized carbons (Fsp3) is 0.600. The molecule has 7 heteroatoms. The lowest BCUT2D eigenvalue weighted by Crippen LogP contribution is -2.38. The van der Waals surface area contributed by atoms with E-state index < -0.39 is 10.3 Å². The average molecular weight is 326 g/mol. The number of benzene rings is 1. The van der Waals surface area contributed by atoms with Crippen LogP contribution in [-0.4, -0.2) is 37.2 Å². The minimum atomic E-state index is -4.17. The van der Waals surface area contributed by atoms with Crippen LogP contribution in [0.15, 0.2) is 18.2 Å². The van der Waals surface area contributed by atoms with Gasteiger partial charge in [0.25, 0.3) is 0 Å². The molecular formula is C15H22N2O4S. The highest BCUT2D eigenvalue weighted by Gasteiger charge is 2.38. The van der Waals surface area contributed by atoms with Gasteiger partial charge in [0.05, 0.1) is 0 Å². The van der Waals surface area contributed by atoms with E-state index in [0.29, 0.717) is 5.92 Å². The Morgan fingerprint density at radius 2 is 2.09 bits per heavy atom. The Morgan fingerprint density at radius 1 is 1.36 bits per heavy atom. The van der Waals surface area contributed by atoms with Crippen molar-refractivity contribution in [3.63, 3.8) is 0 Å². The van der Waals surface area contributed by atoms with Gasteiger partial charge >= 0.3 is 10.3 Å². The number of nitrogens with one attached hydrogen (secondary N) is 1. The third-order valence-electron chi connectivity index (χ3n) is 4.46. The second-order valence-electron chi connectivity index (χ2n) is 5.93. The molecule has 1 fully saturated rings. The lowest BCUT2D eigenvalue weighted by atomic mass is 9.94. The maximum absolute atomic E-state index is 10.8. The van der Waals surface area contributed by atoms with Gasteiger partial charge in [0.1, 0.15) is 5.75 Å². The molecule has 0 saturated carbocycles. The summed E-state index contributed by atoms with van der Waals surface area (Å²) in [5, 5.41) is 0. The van der Waals surface area contributed by atoms with Crippen molar-refractivity contribution >= 4 is 10.3 Å². The second kappa shape index (κ2) is 6.16. The van der Waals surface area contributed by atoms with Crippen LogP contribution in [0.3, 0.4) is 0 Å². The number of likely N-dealkylation sites (tertiary alicyclic amines) is 1. The lowest BCUT2D eigenvalue weighted by Gasteiger charge is -2.27. The molecule has 2 N–H and O–H groups in total. The van der Waals surface area contributed by atoms with E-state index in [1.54, 1.807) is 0 Å². The molecule has 122 valence electrons. The first-order chi connectivity index (χ1) is 10.5. The molecule has 1 saturated heterocycles. The molecular weight excluding hydrogens is 304 g/mol. The van der Waals surface area contributed by atoms with E-state index in [0.717, 1.165) is 36.4 Å². The van der Waals surface area contributed by atoms with Crippen LogP contribution in [0.5, 0.6) is 5.75 Å². The van der Waals surface area contributed by atoms with E-state index in [2.05, 4.69) is 16.5 Å². The molecule has 0 bridgehead atoms. The zero-order valence-corrected chi connectivity index (χ0v) is 13.5. The second-order valence-corrected chi connectivity index (χ2v) is 7.17. The van der Waals surface area contributed by atoms with Gasteiger partial charge in [-0.15, -0.1) is 0 Å². The fourth-order valence-electron chi connectivity index (χ4n) is 3.39. The predicted octanol–water partition coefficient (Wildman–Crippen LogP) is 1.89. The zero-order chi connectivity index (χ0) is 15.7. The summed E-state index contributed by atoms with van der Waals surface area (Å²) in [4.78, 5) is 2.39. The molecule has 0 aromatic heterocycles. The molecule has 1 aromatic rings. The highest BCUT2D eigenvalue weighted by molar-refractivity contribution is 7.83. The van der Waals surface area contributed by atoms with Crippen LogP contribution in [0, 0.1) is 0 Å². The van der Waals surface area contributed by atoms with Crippen molar-refractivity contribution < 1.29 is 17.7 Å². The van der Waals surface area contributed by atoms with Gasteiger partial charge in [0.15, 0.2) is 6.23 Å². The van der Waals surface area contributed by atoms with Crippen LogP contribution in [0.2, 0.25) is 0 Å². The number of hydrogen-bond donors (Lipinski definition) is 2. The normalized spacial score (nSPS) is 25.2. The maximum atomic E-state index is 10.8. The third-order valence-corrected chi connectivity index (χ3v) is 4.97. The average Bonchev–Trinajstić information content (AvgIpc) is 3.10. The molecule has 3 rings (SSSR count). The van der Waals surface area contributed by atoms with Crippen LogP contribution in [0.25, 0.3) is 0 Å². The van der Waals surface area contributed by atoms with Crippen LogP contribution in [0.1, 0.15) is 43.2 Å². The summed E-state index contributed by atoms with van der Waals surface area (Å²) in [6.07, 6.45) is 3.50.